The van der Waals surface area contributed by atoms with Gasteiger partial charge in [0.1, 0.15) is 0 Å². The molecule has 0 aromatic heterocycles. The van der Waals surface area contributed by atoms with E-state index in [0.29, 0.717) is 18.9 Å². The standard InChI is InChI=1S/C14H15NO/c1-11(15)9-16-10-12-6-7-13-4-2-3-5-14(13)8-12/h2-8,15H,9-10H2,1H3. The molecule has 0 unspecified atom stereocenters. The maximum Gasteiger partial charge on any atom is 0.0843 e. The van der Waals surface area contributed by atoms with Gasteiger partial charge in [-0.05, 0) is 29.3 Å². The number of hydrogen-bond donors (Lipinski definition) is 1. The van der Waals surface area contributed by atoms with Crippen molar-refractivity contribution in [2.75, 3.05) is 6.61 Å². The van der Waals surface area contributed by atoms with Gasteiger partial charge in [0, 0.05) is 5.71 Å². The molecule has 0 spiro atoms. The summed E-state index contributed by atoms with van der Waals surface area (Å²) in [5.74, 6) is 0. The fraction of sp³-hybridized carbons (Fsp3) is 0.214. The fourth-order valence-electron chi connectivity index (χ4n) is 1.65. The summed E-state index contributed by atoms with van der Waals surface area (Å²) in [7, 11) is 0. The zero-order valence-corrected chi connectivity index (χ0v) is 9.36. The number of hydrogen-bond acceptors (Lipinski definition) is 2. The van der Waals surface area contributed by atoms with E-state index < -0.39 is 0 Å². The van der Waals surface area contributed by atoms with Gasteiger partial charge in [-0.15, -0.1) is 0 Å². The third-order valence-electron chi connectivity index (χ3n) is 2.40. The van der Waals surface area contributed by atoms with E-state index in [1.807, 2.05) is 12.1 Å². The molecule has 2 nitrogen and oxygen atoms in total. The molecule has 0 saturated carbocycles. The van der Waals surface area contributed by atoms with Gasteiger partial charge in [0.05, 0.1) is 13.2 Å². The highest BCUT2D eigenvalue weighted by Crippen LogP contribution is 2.15. The monoisotopic (exact) mass is 213 g/mol. The molecule has 0 saturated heterocycles. The van der Waals surface area contributed by atoms with Gasteiger partial charge in [0.25, 0.3) is 0 Å². The molecule has 2 rings (SSSR count). The molecule has 0 radical (unpaired) electrons. The normalized spacial score (nSPS) is 10.6. The second-order valence-corrected chi connectivity index (χ2v) is 3.95. The highest BCUT2D eigenvalue weighted by atomic mass is 16.5. The van der Waals surface area contributed by atoms with Crippen LogP contribution in [0.3, 0.4) is 0 Å². The van der Waals surface area contributed by atoms with E-state index in [0.717, 1.165) is 5.56 Å². The predicted molar refractivity (Wildman–Crippen MR) is 67.0 cm³/mol. The van der Waals surface area contributed by atoms with Gasteiger partial charge >= 0.3 is 0 Å². The fourth-order valence-corrected chi connectivity index (χ4v) is 1.65. The molecule has 2 heteroatoms. The van der Waals surface area contributed by atoms with Crippen molar-refractivity contribution in [2.24, 2.45) is 0 Å². The lowest BCUT2D eigenvalue weighted by Gasteiger charge is -2.04. The third-order valence-corrected chi connectivity index (χ3v) is 2.40. The van der Waals surface area contributed by atoms with Crippen molar-refractivity contribution in [2.45, 2.75) is 13.5 Å². The summed E-state index contributed by atoms with van der Waals surface area (Å²) in [6, 6.07) is 14.6. The summed E-state index contributed by atoms with van der Waals surface area (Å²) in [4.78, 5) is 0. The van der Waals surface area contributed by atoms with Crippen LogP contribution in [-0.2, 0) is 11.3 Å². The summed E-state index contributed by atoms with van der Waals surface area (Å²) in [5.41, 5.74) is 1.71. The van der Waals surface area contributed by atoms with E-state index in [2.05, 4.69) is 30.3 Å². The van der Waals surface area contributed by atoms with E-state index in [-0.39, 0.29) is 0 Å². The largest absolute Gasteiger partial charge is 0.371 e. The minimum Gasteiger partial charge on any atom is -0.371 e. The minimum atomic E-state index is 0.410. The van der Waals surface area contributed by atoms with Crippen molar-refractivity contribution in [3.05, 3.63) is 48.0 Å². The number of fused-ring (bicyclic) bond motifs is 1. The maximum atomic E-state index is 7.27. The first kappa shape index (κ1) is 10.8. The van der Waals surface area contributed by atoms with Crippen LogP contribution in [0.4, 0.5) is 0 Å². The molecule has 82 valence electrons. The van der Waals surface area contributed by atoms with Crippen molar-refractivity contribution < 1.29 is 4.74 Å². The van der Waals surface area contributed by atoms with Gasteiger partial charge in [-0.1, -0.05) is 36.4 Å². The predicted octanol–water partition coefficient (Wildman–Crippen LogP) is 3.40. The van der Waals surface area contributed by atoms with E-state index in [9.17, 15) is 0 Å². The summed E-state index contributed by atoms with van der Waals surface area (Å²) in [6.45, 7) is 2.73. The van der Waals surface area contributed by atoms with Crippen LogP contribution >= 0.6 is 0 Å². The Kier molecular flexibility index (Phi) is 3.32. The van der Waals surface area contributed by atoms with Crippen LogP contribution in [0.2, 0.25) is 0 Å². The lowest BCUT2D eigenvalue weighted by molar-refractivity contribution is 0.157. The van der Waals surface area contributed by atoms with Crippen molar-refractivity contribution in [3.63, 3.8) is 0 Å². The highest BCUT2D eigenvalue weighted by molar-refractivity contribution is 5.83. The molecular weight excluding hydrogens is 198 g/mol. The SMILES string of the molecule is CC(=N)COCc1ccc2ccccc2c1. The zero-order chi connectivity index (χ0) is 11.4. The first-order valence-corrected chi connectivity index (χ1v) is 5.35. The topological polar surface area (TPSA) is 33.1 Å². The minimum absolute atomic E-state index is 0.410. The van der Waals surface area contributed by atoms with Gasteiger partial charge in [0.2, 0.25) is 0 Å². The molecule has 0 heterocycles. The summed E-state index contributed by atoms with van der Waals surface area (Å²) in [5, 5.41) is 9.74. The Morgan fingerprint density at radius 3 is 2.62 bits per heavy atom. The Balaban J connectivity index is 2.10. The average molecular weight is 213 g/mol. The molecule has 0 amide bonds. The molecule has 0 aliphatic carbocycles. The van der Waals surface area contributed by atoms with Crippen LogP contribution in [0.5, 0.6) is 0 Å². The van der Waals surface area contributed by atoms with E-state index in [4.69, 9.17) is 10.1 Å². The quantitative estimate of drug-likeness (QED) is 0.776. The zero-order valence-electron chi connectivity index (χ0n) is 9.36. The van der Waals surface area contributed by atoms with Crippen LogP contribution in [0.1, 0.15) is 12.5 Å². The van der Waals surface area contributed by atoms with Gasteiger partial charge in [0.15, 0.2) is 0 Å². The van der Waals surface area contributed by atoms with Crippen LogP contribution < -0.4 is 0 Å². The Morgan fingerprint density at radius 2 is 1.88 bits per heavy atom. The summed E-state index contributed by atoms with van der Waals surface area (Å²) < 4.78 is 5.41. The molecule has 2 aromatic rings. The second kappa shape index (κ2) is 4.90. The van der Waals surface area contributed by atoms with Crippen LogP contribution in [0, 0.1) is 5.41 Å². The van der Waals surface area contributed by atoms with Crippen molar-refractivity contribution in [3.8, 4) is 0 Å². The van der Waals surface area contributed by atoms with Gasteiger partial charge in [-0.25, -0.2) is 0 Å². The lowest BCUT2D eigenvalue weighted by atomic mass is 10.1. The third kappa shape index (κ3) is 2.67. The van der Waals surface area contributed by atoms with Crippen molar-refractivity contribution >= 4 is 16.5 Å². The Morgan fingerprint density at radius 1 is 1.12 bits per heavy atom. The van der Waals surface area contributed by atoms with Crippen LogP contribution in [0.15, 0.2) is 42.5 Å². The second-order valence-electron chi connectivity index (χ2n) is 3.95. The summed E-state index contributed by atoms with van der Waals surface area (Å²) >= 11 is 0. The molecule has 0 atom stereocenters. The molecule has 0 bridgehead atoms. The molecule has 0 aliphatic rings. The van der Waals surface area contributed by atoms with Crippen LogP contribution in [-0.4, -0.2) is 12.3 Å². The van der Waals surface area contributed by atoms with E-state index in [1.54, 1.807) is 6.92 Å². The molecular formula is C14H15NO. The Labute approximate surface area is 95.4 Å². The van der Waals surface area contributed by atoms with Crippen molar-refractivity contribution in [1.29, 1.82) is 5.41 Å². The molecule has 0 aliphatic heterocycles. The first-order valence-electron chi connectivity index (χ1n) is 5.35. The van der Waals surface area contributed by atoms with Gasteiger partial charge in [-0.3, -0.25) is 0 Å². The van der Waals surface area contributed by atoms with Gasteiger partial charge < -0.3 is 10.1 Å². The Hall–Kier alpha value is -1.67. The molecule has 2 aromatic carbocycles. The van der Waals surface area contributed by atoms with Crippen LogP contribution in [0.25, 0.3) is 10.8 Å². The van der Waals surface area contributed by atoms with E-state index >= 15 is 0 Å². The number of rotatable bonds is 4. The highest BCUT2D eigenvalue weighted by Gasteiger charge is 1.96. The Bertz CT molecular complexity index is 505. The molecule has 0 fully saturated rings. The maximum absolute atomic E-state index is 7.27. The molecule has 1 N–H and O–H groups in total. The number of ether oxygens (including phenoxy) is 1. The van der Waals surface area contributed by atoms with Gasteiger partial charge in [-0.2, -0.15) is 0 Å². The summed E-state index contributed by atoms with van der Waals surface area (Å²) in [6.07, 6.45) is 0. The van der Waals surface area contributed by atoms with Crippen molar-refractivity contribution in [1.82, 2.24) is 0 Å². The van der Waals surface area contributed by atoms with E-state index in [1.165, 1.54) is 10.8 Å². The first-order chi connectivity index (χ1) is 7.75. The number of benzene rings is 2. The lowest BCUT2D eigenvalue weighted by Crippen LogP contribution is -2.02. The smallest absolute Gasteiger partial charge is 0.0843 e. The number of nitrogens with one attached hydrogen (secondary N) is 1. The average Bonchev–Trinajstić information content (AvgIpc) is 2.28. The molecule has 16 heavy (non-hydrogen) atoms.